The molecule has 2 aromatic carbocycles. The monoisotopic (exact) mass is 447 g/mol. The molecular formula is C24H25N5O4. The molecule has 0 saturated carbocycles. The van der Waals surface area contributed by atoms with Crippen LogP contribution in [0.3, 0.4) is 0 Å². The van der Waals surface area contributed by atoms with E-state index in [2.05, 4.69) is 15.4 Å². The molecule has 2 aliphatic rings. The molecule has 9 heteroatoms. The van der Waals surface area contributed by atoms with Crippen molar-refractivity contribution in [1.29, 1.82) is 0 Å². The molecule has 2 aliphatic heterocycles. The molecule has 2 fully saturated rings. The average molecular weight is 447 g/mol. The second-order valence-corrected chi connectivity index (χ2v) is 8.50. The normalized spacial score (nSPS) is 19.9. The Balaban J connectivity index is 1.20. The zero-order chi connectivity index (χ0) is 22.9. The summed E-state index contributed by atoms with van der Waals surface area (Å²) in [5.74, 6) is 1.90. The van der Waals surface area contributed by atoms with E-state index in [1.165, 1.54) is 0 Å². The van der Waals surface area contributed by atoms with Gasteiger partial charge in [0.05, 0.1) is 19.7 Å². The van der Waals surface area contributed by atoms with Gasteiger partial charge in [-0.3, -0.25) is 14.7 Å². The largest absolute Gasteiger partial charge is 0.497 e. The van der Waals surface area contributed by atoms with Crippen LogP contribution in [0.5, 0.6) is 11.5 Å². The van der Waals surface area contributed by atoms with E-state index in [0.717, 1.165) is 11.1 Å². The standard InChI is InChI=1S/C24H25N5O4/c1-32-19-7-15(8-20(10-19)33-2)3-6-23(30)28-11-17-13-29(14-18(17)12-28)24(31)16-4-5-21-22(9-16)26-27-25-21/h3-10,17-18H,11-14H2,1-2H3,(H,25,26,27)/t17-,18-/m1/s1. The van der Waals surface area contributed by atoms with Crippen LogP contribution in [-0.4, -0.2) is 77.4 Å². The number of aromatic nitrogens is 3. The van der Waals surface area contributed by atoms with Gasteiger partial charge < -0.3 is 19.3 Å². The number of likely N-dealkylation sites (tertiary alicyclic amines) is 2. The molecule has 170 valence electrons. The fourth-order valence-corrected chi connectivity index (χ4v) is 4.69. The first-order valence-electron chi connectivity index (χ1n) is 10.8. The Morgan fingerprint density at radius 2 is 1.64 bits per heavy atom. The van der Waals surface area contributed by atoms with Crippen LogP contribution in [0.4, 0.5) is 0 Å². The summed E-state index contributed by atoms with van der Waals surface area (Å²) in [6.45, 7) is 2.62. The van der Waals surface area contributed by atoms with E-state index >= 15 is 0 Å². The number of hydrogen-bond donors (Lipinski definition) is 1. The van der Waals surface area contributed by atoms with E-state index in [1.807, 2.05) is 28.0 Å². The van der Waals surface area contributed by atoms with Crippen molar-refractivity contribution in [3.8, 4) is 11.5 Å². The predicted octanol–water partition coefficient (Wildman–Crippen LogP) is 2.22. The van der Waals surface area contributed by atoms with Gasteiger partial charge in [-0.25, -0.2) is 0 Å². The lowest BCUT2D eigenvalue weighted by atomic mass is 10.0. The molecule has 5 rings (SSSR count). The average Bonchev–Trinajstić information content (AvgIpc) is 3.56. The third-order valence-electron chi connectivity index (χ3n) is 6.45. The van der Waals surface area contributed by atoms with Gasteiger partial charge in [0.15, 0.2) is 0 Å². The number of H-pyrrole nitrogens is 1. The van der Waals surface area contributed by atoms with Crippen LogP contribution in [0.25, 0.3) is 17.1 Å². The summed E-state index contributed by atoms with van der Waals surface area (Å²) >= 11 is 0. The molecule has 1 N–H and O–H groups in total. The van der Waals surface area contributed by atoms with Crippen molar-refractivity contribution >= 4 is 28.9 Å². The maximum atomic E-state index is 13.0. The van der Waals surface area contributed by atoms with Crippen LogP contribution in [0.1, 0.15) is 15.9 Å². The number of nitrogens with one attached hydrogen (secondary N) is 1. The summed E-state index contributed by atoms with van der Waals surface area (Å²) in [6, 6.07) is 10.9. The Morgan fingerprint density at radius 3 is 2.30 bits per heavy atom. The van der Waals surface area contributed by atoms with Crippen LogP contribution in [0, 0.1) is 11.8 Å². The highest BCUT2D eigenvalue weighted by Crippen LogP contribution is 2.32. The van der Waals surface area contributed by atoms with Gasteiger partial charge in [-0.15, -0.1) is 5.10 Å². The number of rotatable bonds is 5. The van der Waals surface area contributed by atoms with E-state index in [4.69, 9.17) is 9.47 Å². The summed E-state index contributed by atoms with van der Waals surface area (Å²) in [7, 11) is 3.19. The van der Waals surface area contributed by atoms with Gasteiger partial charge >= 0.3 is 0 Å². The molecule has 33 heavy (non-hydrogen) atoms. The molecule has 2 atom stereocenters. The van der Waals surface area contributed by atoms with Crippen LogP contribution >= 0.6 is 0 Å². The third kappa shape index (κ3) is 4.13. The minimum Gasteiger partial charge on any atom is -0.497 e. The molecule has 3 heterocycles. The molecule has 9 nitrogen and oxygen atoms in total. The molecule has 3 aromatic rings. The SMILES string of the molecule is COc1cc(C=CC(=O)N2C[C@@H]3CN(C(=O)c4ccc5[nH]nnc5c4)C[C@H]3C2)cc(OC)c1. The minimum absolute atomic E-state index is 0.000885. The third-order valence-corrected chi connectivity index (χ3v) is 6.45. The maximum Gasteiger partial charge on any atom is 0.253 e. The molecular weight excluding hydrogens is 422 g/mol. The van der Waals surface area contributed by atoms with Crippen LogP contribution in [0.2, 0.25) is 0 Å². The van der Waals surface area contributed by atoms with Gasteiger partial charge in [0.25, 0.3) is 5.91 Å². The summed E-state index contributed by atoms with van der Waals surface area (Å²) < 4.78 is 10.6. The van der Waals surface area contributed by atoms with Crippen molar-refractivity contribution in [2.24, 2.45) is 11.8 Å². The van der Waals surface area contributed by atoms with Crippen molar-refractivity contribution in [1.82, 2.24) is 25.2 Å². The van der Waals surface area contributed by atoms with E-state index in [1.54, 1.807) is 44.6 Å². The number of benzene rings is 2. The number of aromatic amines is 1. The van der Waals surface area contributed by atoms with Crippen molar-refractivity contribution in [2.45, 2.75) is 0 Å². The lowest BCUT2D eigenvalue weighted by Gasteiger charge is -2.21. The highest BCUT2D eigenvalue weighted by atomic mass is 16.5. The number of amides is 2. The topological polar surface area (TPSA) is 101 Å². The number of ether oxygens (including phenoxy) is 2. The van der Waals surface area contributed by atoms with E-state index in [-0.39, 0.29) is 11.8 Å². The van der Waals surface area contributed by atoms with Crippen molar-refractivity contribution in [3.63, 3.8) is 0 Å². The molecule has 2 amide bonds. The quantitative estimate of drug-likeness (QED) is 0.602. The maximum absolute atomic E-state index is 13.0. The van der Waals surface area contributed by atoms with Crippen molar-refractivity contribution in [3.05, 3.63) is 53.6 Å². The van der Waals surface area contributed by atoms with Crippen molar-refractivity contribution in [2.75, 3.05) is 40.4 Å². The zero-order valence-electron chi connectivity index (χ0n) is 18.5. The first-order valence-corrected chi connectivity index (χ1v) is 10.8. The number of nitrogens with zero attached hydrogens (tertiary/aromatic N) is 4. The van der Waals surface area contributed by atoms with Gasteiger partial charge in [-0.2, -0.15) is 0 Å². The zero-order valence-corrected chi connectivity index (χ0v) is 18.5. The number of fused-ring (bicyclic) bond motifs is 2. The Kier molecular flexibility index (Phi) is 5.45. The van der Waals surface area contributed by atoms with Crippen LogP contribution < -0.4 is 9.47 Å². The van der Waals surface area contributed by atoms with Gasteiger partial charge in [0.1, 0.15) is 17.0 Å². The number of methoxy groups -OCH3 is 2. The molecule has 0 spiro atoms. The lowest BCUT2D eigenvalue weighted by Crippen LogP contribution is -2.35. The number of hydrogen-bond acceptors (Lipinski definition) is 6. The number of carbonyl (C=O) groups excluding carboxylic acids is 2. The predicted molar refractivity (Wildman–Crippen MR) is 122 cm³/mol. The Morgan fingerprint density at radius 1 is 0.970 bits per heavy atom. The highest BCUT2D eigenvalue weighted by Gasteiger charge is 2.42. The Bertz CT molecular complexity index is 1200. The van der Waals surface area contributed by atoms with Gasteiger partial charge in [0, 0.05) is 55.7 Å². The molecule has 1 aromatic heterocycles. The second kappa shape index (κ2) is 8.57. The summed E-state index contributed by atoms with van der Waals surface area (Å²) in [5, 5.41) is 10.6. The minimum atomic E-state index is -0.0273. The Hall–Kier alpha value is -3.88. The van der Waals surface area contributed by atoms with Crippen LogP contribution in [-0.2, 0) is 4.79 Å². The summed E-state index contributed by atoms with van der Waals surface area (Å²) in [4.78, 5) is 29.5. The lowest BCUT2D eigenvalue weighted by molar-refractivity contribution is -0.125. The van der Waals surface area contributed by atoms with Crippen LogP contribution in [0.15, 0.2) is 42.5 Å². The Labute approximate surface area is 191 Å². The smallest absolute Gasteiger partial charge is 0.253 e. The van der Waals surface area contributed by atoms with Gasteiger partial charge in [-0.1, -0.05) is 5.21 Å². The van der Waals surface area contributed by atoms with Crippen molar-refractivity contribution < 1.29 is 19.1 Å². The molecule has 0 aliphatic carbocycles. The van der Waals surface area contributed by atoms with E-state index < -0.39 is 0 Å². The summed E-state index contributed by atoms with van der Waals surface area (Å²) in [6.07, 6.45) is 3.36. The molecule has 2 saturated heterocycles. The molecule has 0 radical (unpaired) electrons. The van der Waals surface area contributed by atoms with Gasteiger partial charge in [-0.05, 0) is 42.0 Å². The first kappa shape index (κ1) is 21.0. The highest BCUT2D eigenvalue weighted by molar-refractivity contribution is 5.97. The first-order chi connectivity index (χ1) is 16.0. The van der Waals surface area contributed by atoms with Gasteiger partial charge in [0.2, 0.25) is 5.91 Å². The van der Waals surface area contributed by atoms with E-state index in [9.17, 15) is 9.59 Å². The van der Waals surface area contributed by atoms with E-state index in [0.29, 0.717) is 60.6 Å². The summed E-state index contributed by atoms with van der Waals surface area (Å²) in [5.41, 5.74) is 2.93. The fourth-order valence-electron chi connectivity index (χ4n) is 4.69. The molecule has 0 unspecified atom stereocenters. The fraction of sp³-hybridized carbons (Fsp3) is 0.333. The molecule has 0 bridgehead atoms. The second-order valence-electron chi connectivity index (χ2n) is 8.50. The number of carbonyl (C=O) groups is 2.